The molecule has 4 nitrogen and oxygen atoms in total. The Balaban J connectivity index is 2.34. The lowest BCUT2D eigenvalue weighted by molar-refractivity contribution is -0.104. The van der Waals surface area contributed by atoms with Gasteiger partial charge in [-0.3, -0.25) is 0 Å². The Kier molecular flexibility index (Phi) is 1.34. The highest BCUT2D eigenvalue weighted by Gasteiger charge is 2.41. The smallest absolute Gasteiger partial charge is 0.168 e. The summed E-state index contributed by atoms with van der Waals surface area (Å²) in [5.41, 5.74) is 0. The maximum absolute atomic E-state index is 9.30. The maximum Gasteiger partial charge on any atom is 0.168 e. The fourth-order valence-corrected chi connectivity index (χ4v) is 1.36. The number of ether oxygens (including phenoxy) is 2. The van der Waals surface area contributed by atoms with Gasteiger partial charge in [0.05, 0.1) is 12.5 Å². The van der Waals surface area contributed by atoms with Crippen LogP contribution >= 0.6 is 0 Å². The third-order valence-electron chi connectivity index (χ3n) is 2.12. The van der Waals surface area contributed by atoms with Crippen LogP contribution in [0.3, 0.4) is 0 Å². The van der Waals surface area contributed by atoms with Crippen LogP contribution in [0.1, 0.15) is 6.92 Å². The second-order valence-electron chi connectivity index (χ2n) is 2.89. The Morgan fingerprint density at radius 1 is 1.36 bits per heavy atom. The summed E-state index contributed by atoms with van der Waals surface area (Å²) < 4.78 is 10.3. The number of fused-ring (bicyclic) bond motifs is 2. The molecule has 2 aliphatic heterocycles. The van der Waals surface area contributed by atoms with E-state index in [4.69, 9.17) is 9.47 Å². The second kappa shape index (κ2) is 2.12. The van der Waals surface area contributed by atoms with Crippen LogP contribution in [0.2, 0.25) is 0 Å². The summed E-state index contributed by atoms with van der Waals surface area (Å²) in [6.45, 7) is 2.09. The van der Waals surface area contributed by atoms with Crippen LogP contribution in [0, 0.1) is 5.92 Å². The van der Waals surface area contributed by atoms with Gasteiger partial charge in [0.25, 0.3) is 0 Å². The molecule has 0 amide bonds. The van der Waals surface area contributed by atoms with E-state index in [0.29, 0.717) is 6.61 Å². The third-order valence-corrected chi connectivity index (χ3v) is 2.12. The highest BCUT2D eigenvalue weighted by Crippen LogP contribution is 2.33. The van der Waals surface area contributed by atoms with Crippen molar-refractivity contribution in [2.45, 2.75) is 19.3 Å². The number of aliphatic hydroxyl groups excluding tert-OH is 2. The van der Waals surface area contributed by atoms with E-state index in [1.165, 1.54) is 0 Å². The molecule has 2 rings (SSSR count). The molecule has 2 bridgehead atoms. The normalized spacial score (nSPS) is 43.2. The van der Waals surface area contributed by atoms with E-state index >= 15 is 0 Å². The minimum atomic E-state index is -0.448. The minimum absolute atomic E-state index is 0.00347. The van der Waals surface area contributed by atoms with Crippen molar-refractivity contribution in [2.24, 2.45) is 5.92 Å². The lowest BCUT2D eigenvalue weighted by Gasteiger charge is -2.23. The molecular formula is C7H10O4. The molecule has 1 saturated heterocycles. The van der Waals surface area contributed by atoms with E-state index in [9.17, 15) is 10.2 Å². The van der Waals surface area contributed by atoms with Crippen LogP contribution in [0.5, 0.6) is 0 Å². The number of aliphatic hydroxyl groups is 2. The van der Waals surface area contributed by atoms with E-state index in [-0.39, 0.29) is 23.7 Å². The number of hydrogen-bond acceptors (Lipinski definition) is 4. The Bertz CT molecular complexity index is 206. The molecule has 0 aromatic carbocycles. The first-order valence-electron chi connectivity index (χ1n) is 3.59. The van der Waals surface area contributed by atoms with Crippen LogP contribution in [-0.4, -0.2) is 29.2 Å². The Labute approximate surface area is 64.0 Å². The molecule has 0 aromatic heterocycles. The van der Waals surface area contributed by atoms with E-state index in [1.54, 1.807) is 6.92 Å². The molecule has 0 radical (unpaired) electrons. The topological polar surface area (TPSA) is 58.9 Å². The quantitative estimate of drug-likeness (QED) is 0.545. The van der Waals surface area contributed by atoms with E-state index < -0.39 is 6.10 Å². The fourth-order valence-electron chi connectivity index (χ4n) is 1.36. The first-order chi connectivity index (χ1) is 5.20. The molecule has 2 heterocycles. The molecular weight excluding hydrogens is 148 g/mol. The number of hydrogen-bond donors (Lipinski definition) is 2. The molecule has 1 fully saturated rings. The van der Waals surface area contributed by atoms with Crippen molar-refractivity contribution in [1.82, 2.24) is 0 Å². The van der Waals surface area contributed by atoms with Gasteiger partial charge < -0.3 is 19.7 Å². The summed E-state index contributed by atoms with van der Waals surface area (Å²) in [6, 6.07) is 0. The summed E-state index contributed by atoms with van der Waals surface area (Å²) in [5.74, 6) is -0.330. The average Bonchev–Trinajstić information content (AvgIpc) is 2.44. The zero-order valence-electron chi connectivity index (χ0n) is 6.15. The Morgan fingerprint density at radius 2 is 2.09 bits per heavy atom. The van der Waals surface area contributed by atoms with Gasteiger partial charge in [-0.1, -0.05) is 6.92 Å². The lowest BCUT2D eigenvalue weighted by atomic mass is 10.1. The first-order valence-corrected chi connectivity index (χ1v) is 3.59. The standard InChI is InChI=1S/C7H10O4/c1-3-5(8)6(9)4-2-10-7(3)11-4/h3-4,7-9H,2H2,1H3/t3?,4?,7-/m1/s1. The zero-order valence-corrected chi connectivity index (χ0v) is 6.15. The van der Waals surface area contributed by atoms with Crippen molar-refractivity contribution < 1.29 is 19.7 Å². The number of rotatable bonds is 0. The molecule has 0 saturated carbocycles. The van der Waals surface area contributed by atoms with Gasteiger partial charge in [-0.25, -0.2) is 0 Å². The van der Waals surface area contributed by atoms with Crippen molar-refractivity contribution in [3.63, 3.8) is 0 Å². The molecule has 2 N–H and O–H groups in total. The largest absolute Gasteiger partial charge is 0.508 e. The van der Waals surface area contributed by atoms with Crippen molar-refractivity contribution in [3.8, 4) is 0 Å². The van der Waals surface area contributed by atoms with E-state index in [2.05, 4.69) is 0 Å². The molecule has 0 aliphatic carbocycles. The molecule has 2 unspecified atom stereocenters. The molecule has 3 atom stereocenters. The third kappa shape index (κ3) is 0.829. The van der Waals surface area contributed by atoms with Gasteiger partial charge in [0.15, 0.2) is 12.0 Å². The predicted octanol–water partition coefficient (Wildman–Crippen LogP) is 0.705. The molecule has 2 aliphatic rings. The van der Waals surface area contributed by atoms with E-state index in [1.807, 2.05) is 0 Å². The monoisotopic (exact) mass is 158 g/mol. The first kappa shape index (κ1) is 6.94. The second-order valence-corrected chi connectivity index (χ2v) is 2.89. The summed E-state index contributed by atoms with van der Waals surface area (Å²) in [4.78, 5) is 0. The van der Waals surface area contributed by atoms with Crippen LogP contribution < -0.4 is 0 Å². The maximum atomic E-state index is 9.30. The van der Waals surface area contributed by atoms with Gasteiger partial charge in [-0.05, 0) is 0 Å². The van der Waals surface area contributed by atoms with Crippen LogP contribution in [0.15, 0.2) is 11.5 Å². The summed E-state index contributed by atoms with van der Waals surface area (Å²) in [6.07, 6.45) is -0.827. The van der Waals surface area contributed by atoms with Gasteiger partial charge >= 0.3 is 0 Å². The van der Waals surface area contributed by atoms with Crippen molar-refractivity contribution in [3.05, 3.63) is 11.5 Å². The summed E-state index contributed by atoms with van der Waals surface area (Å²) >= 11 is 0. The van der Waals surface area contributed by atoms with Crippen molar-refractivity contribution in [2.75, 3.05) is 6.61 Å². The average molecular weight is 158 g/mol. The molecule has 4 heteroatoms. The highest BCUT2D eigenvalue weighted by atomic mass is 16.7. The van der Waals surface area contributed by atoms with Gasteiger partial charge in [-0.15, -0.1) is 0 Å². The van der Waals surface area contributed by atoms with Gasteiger partial charge in [-0.2, -0.15) is 0 Å². The van der Waals surface area contributed by atoms with Crippen molar-refractivity contribution >= 4 is 0 Å². The van der Waals surface area contributed by atoms with E-state index in [0.717, 1.165) is 0 Å². The van der Waals surface area contributed by atoms with Crippen LogP contribution in [0.4, 0.5) is 0 Å². The Hall–Kier alpha value is -0.740. The predicted molar refractivity (Wildman–Crippen MR) is 36.1 cm³/mol. The molecule has 0 spiro atoms. The van der Waals surface area contributed by atoms with Gasteiger partial charge in [0.2, 0.25) is 0 Å². The minimum Gasteiger partial charge on any atom is -0.508 e. The van der Waals surface area contributed by atoms with Gasteiger partial charge in [0.1, 0.15) is 11.9 Å². The van der Waals surface area contributed by atoms with Crippen molar-refractivity contribution in [1.29, 1.82) is 0 Å². The summed E-state index contributed by atoms with van der Waals surface area (Å²) in [7, 11) is 0. The van der Waals surface area contributed by atoms with Gasteiger partial charge in [0, 0.05) is 0 Å². The lowest BCUT2D eigenvalue weighted by Crippen LogP contribution is -2.29. The summed E-state index contributed by atoms with van der Waals surface area (Å²) in [5, 5.41) is 18.6. The zero-order chi connectivity index (χ0) is 8.01. The fraction of sp³-hybridized carbons (Fsp3) is 0.714. The highest BCUT2D eigenvalue weighted by molar-refractivity contribution is 5.13. The Morgan fingerprint density at radius 3 is 2.82 bits per heavy atom. The van der Waals surface area contributed by atoms with Crippen LogP contribution in [0.25, 0.3) is 0 Å². The molecule has 11 heavy (non-hydrogen) atoms. The molecule has 62 valence electrons. The van der Waals surface area contributed by atoms with Crippen LogP contribution in [-0.2, 0) is 9.47 Å². The SMILES string of the molecule is CC1C(O)=C(O)C2CO[C@@H]1O2. The molecule has 0 aromatic rings.